The summed E-state index contributed by atoms with van der Waals surface area (Å²) in [5.74, 6) is -1.23. The van der Waals surface area contributed by atoms with Crippen LogP contribution in [0, 0.1) is 20.2 Å². The van der Waals surface area contributed by atoms with Crippen molar-refractivity contribution in [3.05, 3.63) is 20.2 Å². The van der Waals surface area contributed by atoms with Crippen molar-refractivity contribution in [1.29, 1.82) is 0 Å². The summed E-state index contributed by atoms with van der Waals surface area (Å²) in [7, 11) is 0. The molecule has 0 aromatic heterocycles. The summed E-state index contributed by atoms with van der Waals surface area (Å²) in [6.45, 7) is 0. The summed E-state index contributed by atoms with van der Waals surface area (Å²) in [5, 5.41) is 28.7. The second-order valence-electron chi connectivity index (χ2n) is 2.21. The minimum absolute atomic E-state index is 0.921. The predicted octanol–water partition coefficient (Wildman–Crippen LogP) is -1.90. The minimum Gasteiger partial charge on any atom is -0.383 e. The lowest BCUT2D eigenvalue weighted by Gasteiger charge is -2.04. The average molecular weight is 193 g/mol. The molecule has 9 nitrogen and oxygen atoms in total. The second kappa shape index (κ2) is 4.30. The Morgan fingerprint density at radius 3 is 2.00 bits per heavy atom. The maximum Gasteiger partial charge on any atom is 0.453 e. The molecule has 1 amide bonds. The van der Waals surface area contributed by atoms with E-state index < -0.39 is 34.4 Å². The van der Waals surface area contributed by atoms with E-state index in [1.807, 2.05) is 0 Å². The molecule has 0 aliphatic rings. The molecule has 3 N–H and O–H groups in total. The van der Waals surface area contributed by atoms with Gasteiger partial charge >= 0.3 is 6.17 Å². The van der Waals surface area contributed by atoms with Crippen molar-refractivity contribution >= 4 is 5.91 Å². The summed E-state index contributed by atoms with van der Waals surface area (Å²) in [6, 6.07) is 0. The molecule has 0 aromatic rings. The molecule has 0 aromatic carbocycles. The van der Waals surface area contributed by atoms with E-state index in [9.17, 15) is 25.0 Å². The summed E-state index contributed by atoms with van der Waals surface area (Å²) in [4.78, 5) is 27.8. The van der Waals surface area contributed by atoms with Crippen LogP contribution in [0.3, 0.4) is 0 Å². The van der Waals surface area contributed by atoms with Crippen LogP contribution >= 0.6 is 0 Å². The van der Waals surface area contributed by atoms with Crippen molar-refractivity contribution in [2.45, 2.75) is 18.7 Å². The number of aliphatic hydroxyl groups is 1. The third-order valence-electron chi connectivity index (χ3n) is 1.25. The lowest BCUT2D eigenvalue weighted by atomic mass is 10.2. The van der Waals surface area contributed by atoms with Crippen molar-refractivity contribution in [2.24, 2.45) is 5.73 Å². The number of nitro groups is 2. The molecule has 0 radical (unpaired) electrons. The van der Waals surface area contributed by atoms with Crippen LogP contribution in [-0.2, 0) is 4.79 Å². The van der Waals surface area contributed by atoms with Gasteiger partial charge in [-0.05, 0) is 0 Å². The van der Waals surface area contributed by atoms with E-state index in [4.69, 9.17) is 5.11 Å². The highest BCUT2D eigenvalue weighted by Crippen LogP contribution is 2.02. The minimum atomic E-state index is -2.21. The molecular formula is C4H7N3O6. The number of carbonyl (C=O) groups is 1. The Kier molecular flexibility index (Phi) is 3.72. The quantitative estimate of drug-likeness (QED) is 0.295. The zero-order valence-corrected chi connectivity index (χ0v) is 6.32. The van der Waals surface area contributed by atoms with Gasteiger partial charge in [-0.3, -0.25) is 25.0 Å². The Hall–Kier alpha value is -1.77. The molecule has 13 heavy (non-hydrogen) atoms. The van der Waals surface area contributed by atoms with Crippen LogP contribution in [0.2, 0.25) is 0 Å². The number of amides is 1. The Morgan fingerprint density at radius 1 is 1.38 bits per heavy atom. The van der Waals surface area contributed by atoms with Crippen LogP contribution in [-0.4, -0.2) is 33.1 Å². The van der Waals surface area contributed by atoms with Crippen molar-refractivity contribution in [2.75, 3.05) is 0 Å². The molecule has 0 saturated carbocycles. The fraction of sp³-hybridized carbons (Fsp3) is 0.750. The van der Waals surface area contributed by atoms with Gasteiger partial charge in [-0.2, -0.15) is 0 Å². The number of carbonyl (C=O) groups excluding carboxylic acids is 1. The molecule has 0 fully saturated rings. The number of hydrogen-bond acceptors (Lipinski definition) is 6. The van der Waals surface area contributed by atoms with Crippen molar-refractivity contribution < 1.29 is 19.7 Å². The average Bonchev–Trinajstić information content (AvgIpc) is 1.97. The van der Waals surface area contributed by atoms with Gasteiger partial charge in [0.15, 0.2) is 0 Å². The lowest BCUT2D eigenvalue weighted by molar-refractivity contribution is -0.743. The first-order valence-electron chi connectivity index (χ1n) is 3.10. The number of primary amides is 1. The Balaban J connectivity index is 4.35. The predicted molar refractivity (Wildman–Crippen MR) is 37.6 cm³/mol. The summed E-state index contributed by atoms with van der Waals surface area (Å²) >= 11 is 0. The topological polar surface area (TPSA) is 150 Å². The van der Waals surface area contributed by atoms with Gasteiger partial charge in [-0.25, -0.2) is 0 Å². The van der Waals surface area contributed by atoms with E-state index in [1.165, 1.54) is 0 Å². The van der Waals surface area contributed by atoms with Crippen molar-refractivity contribution in [3.8, 4) is 0 Å². The fourth-order valence-electron chi connectivity index (χ4n) is 0.565. The summed E-state index contributed by atoms with van der Waals surface area (Å²) in [6.07, 6.45) is -5.00. The van der Waals surface area contributed by atoms with Gasteiger partial charge in [0.05, 0.1) is 9.85 Å². The van der Waals surface area contributed by atoms with E-state index in [-0.39, 0.29) is 0 Å². The maximum atomic E-state index is 10.2. The zero-order valence-electron chi connectivity index (χ0n) is 6.32. The third kappa shape index (κ3) is 3.42. The molecule has 0 bridgehead atoms. The fourth-order valence-corrected chi connectivity index (χ4v) is 0.565. The van der Waals surface area contributed by atoms with Crippen LogP contribution in [0.5, 0.6) is 0 Å². The molecule has 9 heteroatoms. The standard InChI is InChI=1S/C4H7N3O6/c5-4(9)2(8)1-3(6(10)11)7(12)13/h2-3,8H,1H2,(H2,5,9). The van der Waals surface area contributed by atoms with Crippen LogP contribution in [0.1, 0.15) is 6.42 Å². The van der Waals surface area contributed by atoms with Crippen LogP contribution < -0.4 is 5.73 Å². The highest BCUT2D eigenvalue weighted by molar-refractivity contribution is 5.78. The van der Waals surface area contributed by atoms with Crippen molar-refractivity contribution in [3.63, 3.8) is 0 Å². The smallest absolute Gasteiger partial charge is 0.383 e. The van der Waals surface area contributed by atoms with Crippen molar-refractivity contribution in [1.82, 2.24) is 0 Å². The number of aliphatic hydroxyl groups excluding tert-OH is 1. The first-order chi connectivity index (χ1) is 5.86. The van der Waals surface area contributed by atoms with Crippen LogP contribution in [0.4, 0.5) is 0 Å². The normalized spacial score (nSPS) is 12.5. The molecule has 1 atom stereocenters. The summed E-state index contributed by atoms with van der Waals surface area (Å²) < 4.78 is 0. The number of rotatable bonds is 5. The molecule has 0 aliphatic carbocycles. The molecule has 0 heterocycles. The van der Waals surface area contributed by atoms with Gasteiger partial charge < -0.3 is 10.8 Å². The highest BCUT2D eigenvalue weighted by atomic mass is 16.7. The molecule has 0 rings (SSSR count). The number of nitrogens with zero attached hydrogens (tertiary/aromatic N) is 2. The Bertz CT molecular complexity index is 226. The number of hydrogen-bond donors (Lipinski definition) is 2. The largest absolute Gasteiger partial charge is 0.453 e. The van der Waals surface area contributed by atoms with Gasteiger partial charge in [0.1, 0.15) is 12.5 Å². The van der Waals surface area contributed by atoms with Gasteiger partial charge in [0, 0.05) is 0 Å². The Labute approximate surface area is 71.4 Å². The third-order valence-corrected chi connectivity index (χ3v) is 1.25. The second-order valence-corrected chi connectivity index (χ2v) is 2.21. The van der Waals surface area contributed by atoms with Gasteiger partial charge in [-0.1, -0.05) is 0 Å². The molecule has 0 saturated heterocycles. The zero-order chi connectivity index (χ0) is 10.6. The first kappa shape index (κ1) is 11.2. The van der Waals surface area contributed by atoms with E-state index in [0.29, 0.717) is 0 Å². The molecule has 0 spiro atoms. The number of nitrogens with two attached hydrogens (primary N) is 1. The highest BCUT2D eigenvalue weighted by Gasteiger charge is 2.36. The summed E-state index contributed by atoms with van der Waals surface area (Å²) in [5.41, 5.74) is 4.55. The van der Waals surface area contributed by atoms with Gasteiger partial charge in [-0.15, -0.1) is 0 Å². The molecular weight excluding hydrogens is 186 g/mol. The molecule has 74 valence electrons. The van der Waals surface area contributed by atoms with Gasteiger partial charge in [0.25, 0.3) is 0 Å². The lowest BCUT2D eigenvalue weighted by Crippen LogP contribution is -2.38. The van der Waals surface area contributed by atoms with Gasteiger partial charge in [0.2, 0.25) is 5.91 Å². The van der Waals surface area contributed by atoms with E-state index in [1.54, 1.807) is 0 Å². The maximum absolute atomic E-state index is 10.2. The van der Waals surface area contributed by atoms with E-state index in [2.05, 4.69) is 5.73 Å². The Morgan fingerprint density at radius 2 is 1.77 bits per heavy atom. The SMILES string of the molecule is NC(=O)C(O)CC([N+](=O)[O-])[N+](=O)[O-]. The molecule has 0 aliphatic heterocycles. The first-order valence-corrected chi connectivity index (χ1v) is 3.10. The van der Waals surface area contributed by atoms with Crippen LogP contribution in [0.25, 0.3) is 0 Å². The monoisotopic (exact) mass is 193 g/mol. The van der Waals surface area contributed by atoms with E-state index in [0.717, 1.165) is 0 Å². The van der Waals surface area contributed by atoms with E-state index >= 15 is 0 Å². The van der Waals surface area contributed by atoms with Crippen LogP contribution in [0.15, 0.2) is 0 Å². The molecule has 1 unspecified atom stereocenters.